The van der Waals surface area contributed by atoms with E-state index in [0.717, 1.165) is 11.8 Å². The molecule has 0 bridgehead atoms. The Morgan fingerprint density at radius 3 is 2.00 bits per heavy atom. The lowest BCUT2D eigenvalue weighted by Gasteiger charge is -2.33. The van der Waals surface area contributed by atoms with Gasteiger partial charge in [0.15, 0.2) is 0 Å². The van der Waals surface area contributed by atoms with Crippen molar-refractivity contribution in [1.29, 1.82) is 0 Å². The minimum Gasteiger partial charge on any atom is -0.0654 e. The fourth-order valence-electron chi connectivity index (χ4n) is 2.24. The molecular formula is C15H32. The topological polar surface area (TPSA) is 0 Å². The molecule has 0 heteroatoms. The second-order valence-corrected chi connectivity index (χ2v) is 6.05. The van der Waals surface area contributed by atoms with Crippen LogP contribution >= 0.6 is 0 Å². The molecule has 0 radical (unpaired) electrons. The van der Waals surface area contributed by atoms with Crippen molar-refractivity contribution in [3.63, 3.8) is 0 Å². The molecule has 0 aliphatic heterocycles. The summed E-state index contributed by atoms with van der Waals surface area (Å²) < 4.78 is 0. The van der Waals surface area contributed by atoms with Gasteiger partial charge in [-0.3, -0.25) is 0 Å². The summed E-state index contributed by atoms with van der Waals surface area (Å²) >= 11 is 0. The van der Waals surface area contributed by atoms with Gasteiger partial charge in [-0.2, -0.15) is 0 Å². The van der Waals surface area contributed by atoms with Crippen LogP contribution in [0.5, 0.6) is 0 Å². The lowest BCUT2D eigenvalue weighted by atomic mass is 9.73. The molecule has 0 heterocycles. The van der Waals surface area contributed by atoms with Crippen LogP contribution in [0.2, 0.25) is 0 Å². The van der Waals surface area contributed by atoms with Crippen LogP contribution in [0.4, 0.5) is 0 Å². The maximum Gasteiger partial charge on any atom is -0.0326 e. The van der Waals surface area contributed by atoms with Crippen molar-refractivity contribution in [2.75, 3.05) is 0 Å². The Labute approximate surface area is 97.8 Å². The van der Waals surface area contributed by atoms with Crippen molar-refractivity contribution in [1.82, 2.24) is 0 Å². The Kier molecular flexibility index (Phi) is 7.30. The molecule has 2 atom stereocenters. The highest BCUT2D eigenvalue weighted by molar-refractivity contribution is 4.76. The molecule has 15 heavy (non-hydrogen) atoms. The van der Waals surface area contributed by atoms with Gasteiger partial charge < -0.3 is 0 Å². The molecule has 2 unspecified atom stereocenters. The van der Waals surface area contributed by atoms with Crippen LogP contribution in [0.1, 0.15) is 80.1 Å². The van der Waals surface area contributed by atoms with E-state index in [1.807, 2.05) is 0 Å². The summed E-state index contributed by atoms with van der Waals surface area (Å²) in [5.74, 6) is 1.71. The molecule has 0 aliphatic rings. The zero-order valence-electron chi connectivity index (χ0n) is 11.9. The molecule has 0 saturated carbocycles. The van der Waals surface area contributed by atoms with Crippen LogP contribution in [-0.4, -0.2) is 0 Å². The molecule has 0 aliphatic carbocycles. The fraction of sp³-hybridized carbons (Fsp3) is 1.00. The maximum atomic E-state index is 2.49. The smallest absolute Gasteiger partial charge is 0.0326 e. The number of hydrogen-bond donors (Lipinski definition) is 0. The number of hydrogen-bond acceptors (Lipinski definition) is 0. The molecule has 0 N–H and O–H groups in total. The Bertz CT molecular complexity index is 148. The van der Waals surface area contributed by atoms with Gasteiger partial charge in [-0.1, -0.05) is 67.2 Å². The second-order valence-electron chi connectivity index (χ2n) is 6.05. The Balaban J connectivity index is 4.05. The number of unbranched alkanes of at least 4 members (excludes halogenated alkanes) is 2. The second kappa shape index (κ2) is 7.30. The van der Waals surface area contributed by atoms with Gasteiger partial charge in [0.2, 0.25) is 0 Å². The highest BCUT2D eigenvalue weighted by Crippen LogP contribution is 2.37. The molecule has 0 aromatic rings. The van der Waals surface area contributed by atoms with Crippen molar-refractivity contribution in [3.05, 3.63) is 0 Å². The van der Waals surface area contributed by atoms with Gasteiger partial charge in [0, 0.05) is 0 Å². The Morgan fingerprint density at radius 2 is 1.60 bits per heavy atom. The zero-order chi connectivity index (χ0) is 11.9. The average Bonchev–Trinajstić information content (AvgIpc) is 2.18. The summed E-state index contributed by atoms with van der Waals surface area (Å²) in [4.78, 5) is 0. The van der Waals surface area contributed by atoms with Crippen LogP contribution in [-0.2, 0) is 0 Å². The van der Waals surface area contributed by atoms with Crippen LogP contribution < -0.4 is 0 Å². The third kappa shape index (κ3) is 6.22. The molecule has 0 amide bonds. The van der Waals surface area contributed by atoms with Gasteiger partial charge >= 0.3 is 0 Å². The molecule has 0 nitrogen and oxygen atoms in total. The summed E-state index contributed by atoms with van der Waals surface area (Å²) in [6.07, 6.45) is 8.35. The fourth-order valence-corrected chi connectivity index (χ4v) is 2.24. The van der Waals surface area contributed by atoms with E-state index < -0.39 is 0 Å². The third-order valence-corrected chi connectivity index (χ3v) is 4.19. The summed E-state index contributed by atoms with van der Waals surface area (Å²) in [7, 11) is 0. The molecule has 0 rings (SSSR count). The summed E-state index contributed by atoms with van der Waals surface area (Å²) in [6, 6.07) is 0. The Morgan fingerprint density at radius 1 is 1.00 bits per heavy atom. The van der Waals surface area contributed by atoms with E-state index in [1.165, 1.54) is 38.5 Å². The third-order valence-electron chi connectivity index (χ3n) is 4.19. The van der Waals surface area contributed by atoms with Crippen LogP contribution in [0, 0.1) is 17.3 Å². The van der Waals surface area contributed by atoms with Gasteiger partial charge in [0.25, 0.3) is 0 Å². The minimum absolute atomic E-state index is 0.596. The first-order chi connectivity index (χ1) is 6.95. The Hall–Kier alpha value is 0. The first-order valence-corrected chi connectivity index (χ1v) is 6.95. The summed E-state index contributed by atoms with van der Waals surface area (Å²) in [5, 5.41) is 0. The quantitative estimate of drug-likeness (QED) is 0.455. The van der Waals surface area contributed by atoms with Crippen molar-refractivity contribution in [2.24, 2.45) is 17.3 Å². The molecule has 92 valence electrons. The predicted molar refractivity (Wildman–Crippen MR) is 71.2 cm³/mol. The SMILES string of the molecule is CCCCCC(C)(CC)CC(C)C(C)C. The summed E-state index contributed by atoms with van der Waals surface area (Å²) in [5.41, 5.74) is 0.596. The van der Waals surface area contributed by atoms with E-state index in [4.69, 9.17) is 0 Å². The van der Waals surface area contributed by atoms with E-state index in [1.54, 1.807) is 0 Å². The van der Waals surface area contributed by atoms with Crippen LogP contribution in [0.3, 0.4) is 0 Å². The molecule has 0 saturated heterocycles. The average molecular weight is 212 g/mol. The molecule has 0 spiro atoms. The lowest BCUT2D eigenvalue weighted by Crippen LogP contribution is -2.21. The molecule has 0 aromatic carbocycles. The first kappa shape index (κ1) is 15.0. The monoisotopic (exact) mass is 212 g/mol. The molecular weight excluding hydrogens is 180 g/mol. The van der Waals surface area contributed by atoms with Crippen molar-refractivity contribution in [3.8, 4) is 0 Å². The van der Waals surface area contributed by atoms with E-state index in [2.05, 4.69) is 41.5 Å². The van der Waals surface area contributed by atoms with Gasteiger partial charge in [-0.15, -0.1) is 0 Å². The van der Waals surface area contributed by atoms with E-state index in [0.29, 0.717) is 5.41 Å². The van der Waals surface area contributed by atoms with Gasteiger partial charge in [-0.25, -0.2) is 0 Å². The van der Waals surface area contributed by atoms with Crippen molar-refractivity contribution >= 4 is 0 Å². The van der Waals surface area contributed by atoms with Gasteiger partial charge in [0.05, 0.1) is 0 Å². The van der Waals surface area contributed by atoms with Crippen molar-refractivity contribution in [2.45, 2.75) is 80.1 Å². The summed E-state index contributed by atoms with van der Waals surface area (Å²) in [6.45, 7) is 14.3. The standard InChI is InChI=1S/C15H32/c1-7-9-10-11-15(6,8-2)12-14(5)13(3)4/h13-14H,7-12H2,1-6H3. The van der Waals surface area contributed by atoms with Gasteiger partial charge in [0.1, 0.15) is 0 Å². The maximum absolute atomic E-state index is 2.49. The van der Waals surface area contributed by atoms with Crippen LogP contribution in [0.15, 0.2) is 0 Å². The van der Waals surface area contributed by atoms with E-state index in [9.17, 15) is 0 Å². The molecule has 0 aromatic heterocycles. The normalized spacial score (nSPS) is 17.8. The largest absolute Gasteiger partial charge is 0.0654 e. The zero-order valence-corrected chi connectivity index (χ0v) is 11.9. The van der Waals surface area contributed by atoms with Crippen LogP contribution in [0.25, 0.3) is 0 Å². The van der Waals surface area contributed by atoms with E-state index >= 15 is 0 Å². The highest BCUT2D eigenvalue weighted by atomic mass is 14.3. The van der Waals surface area contributed by atoms with Gasteiger partial charge in [-0.05, 0) is 30.1 Å². The predicted octanol–water partition coefficient (Wildman–Crippen LogP) is 5.67. The minimum atomic E-state index is 0.596. The molecule has 0 fully saturated rings. The van der Waals surface area contributed by atoms with Crippen molar-refractivity contribution < 1.29 is 0 Å². The number of rotatable bonds is 8. The lowest BCUT2D eigenvalue weighted by molar-refractivity contribution is 0.187. The van der Waals surface area contributed by atoms with E-state index in [-0.39, 0.29) is 0 Å². The highest BCUT2D eigenvalue weighted by Gasteiger charge is 2.25. The first-order valence-electron chi connectivity index (χ1n) is 6.95.